The Labute approximate surface area is 169 Å². The summed E-state index contributed by atoms with van der Waals surface area (Å²) in [5.74, 6) is -1.19. The van der Waals surface area contributed by atoms with E-state index in [0.29, 0.717) is 16.8 Å². The van der Waals surface area contributed by atoms with Crippen LogP contribution in [-0.2, 0) is 9.53 Å². The average Bonchev–Trinajstić information content (AvgIpc) is 2.74. The molecule has 0 fully saturated rings. The molecule has 0 heterocycles. The lowest BCUT2D eigenvalue weighted by Crippen LogP contribution is -2.20. The highest BCUT2D eigenvalue weighted by Gasteiger charge is 2.26. The number of ketones is 1. The molecule has 5 nitrogen and oxygen atoms in total. The van der Waals surface area contributed by atoms with Crippen molar-refractivity contribution >= 4 is 23.3 Å². The number of hydrogen-bond donors (Lipinski definition) is 1. The number of anilines is 1. The van der Waals surface area contributed by atoms with Crippen LogP contribution in [0.3, 0.4) is 0 Å². The predicted molar refractivity (Wildman–Crippen MR) is 111 cm³/mol. The smallest absolute Gasteiger partial charge is 0.339 e. The zero-order valence-corrected chi connectivity index (χ0v) is 16.2. The summed E-state index contributed by atoms with van der Waals surface area (Å²) in [6.45, 7) is 3.22. The van der Waals surface area contributed by atoms with Crippen molar-refractivity contribution in [3.63, 3.8) is 0 Å². The number of ether oxygens (including phenoxy) is 1. The van der Waals surface area contributed by atoms with Crippen LogP contribution in [0.5, 0.6) is 0 Å². The monoisotopic (exact) mass is 387 g/mol. The fourth-order valence-corrected chi connectivity index (χ4v) is 2.90. The van der Waals surface area contributed by atoms with Crippen LogP contribution >= 0.6 is 0 Å². The van der Waals surface area contributed by atoms with E-state index in [2.05, 4.69) is 5.32 Å². The molecule has 0 radical (unpaired) electrons. The molecule has 0 aliphatic rings. The van der Waals surface area contributed by atoms with Gasteiger partial charge in [0.05, 0.1) is 5.56 Å². The summed E-state index contributed by atoms with van der Waals surface area (Å²) in [5, 5.41) is 2.69. The number of aryl methyl sites for hydroxylation is 1. The first kappa shape index (κ1) is 20.0. The number of amides is 1. The van der Waals surface area contributed by atoms with Crippen LogP contribution in [0, 0.1) is 6.92 Å². The highest BCUT2D eigenvalue weighted by molar-refractivity contribution is 6.02. The SMILES string of the molecule is CC(=O)Nc1cc(C(=O)O[C@H](C(=O)c2ccccc2)c2ccccc2)ccc1C. The van der Waals surface area contributed by atoms with Gasteiger partial charge < -0.3 is 10.1 Å². The van der Waals surface area contributed by atoms with E-state index in [9.17, 15) is 14.4 Å². The van der Waals surface area contributed by atoms with E-state index in [-0.39, 0.29) is 17.3 Å². The molecule has 0 aliphatic carbocycles. The van der Waals surface area contributed by atoms with Gasteiger partial charge in [0.1, 0.15) is 0 Å². The molecule has 0 saturated carbocycles. The molecule has 1 atom stereocenters. The number of esters is 1. The molecule has 29 heavy (non-hydrogen) atoms. The first-order valence-electron chi connectivity index (χ1n) is 9.19. The van der Waals surface area contributed by atoms with Gasteiger partial charge in [0, 0.05) is 23.7 Å². The van der Waals surface area contributed by atoms with Crippen molar-refractivity contribution in [3.05, 3.63) is 101 Å². The largest absolute Gasteiger partial charge is 0.445 e. The van der Waals surface area contributed by atoms with Gasteiger partial charge in [0.25, 0.3) is 0 Å². The Hall–Kier alpha value is -3.73. The van der Waals surface area contributed by atoms with Gasteiger partial charge in [0.2, 0.25) is 11.7 Å². The Morgan fingerprint density at radius 3 is 2.07 bits per heavy atom. The standard InChI is InChI=1S/C24H21NO4/c1-16-13-14-20(15-21(16)25-17(2)26)24(28)29-23(19-11-7-4-8-12-19)22(27)18-9-5-3-6-10-18/h3-15,23H,1-2H3,(H,25,26)/t23-/m0/s1. The molecule has 0 saturated heterocycles. The van der Waals surface area contributed by atoms with E-state index in [0.717, 1.165) is 5.56 Å². The Kier molecular flexibility index (Phi) is 6.19. The van der Waals surface area contributed by atoms with Crippen LogP contribution in [0.2, 0.25) is 0 Å². The maximum Gasteiger partial charge on any atom is 0.339 e. The van der Waals surface area contributed by atoms with Crippen LogP contribution in [0.4, 0.5) is 5.69 Å². The molecule has 5 heteroatoms. The summed E-state index contributed by atoms with van der Waals surface area (Å²) >= 11 is 0. The number of carbonyl (C=O) groups is 3. The van der Waals surface area contributed by atoms with Gasteiger partial charge in [-0.3, -0.25) is 9.59 Å². The minimum atomic E-state index is -1.07. The van der Waals surface area contributed by atoms with Gasteiger partial charge in [-0.05, 0) is 24.6 Å². The lowest BCUT2D eigenvalue weighted by atomic mass is 9.99. The van der Waals surface area contributed by atoms with Gasteiger partial charge in [-0.15, -0.1) is 0 Å². The molecule has 1 amide bonds. The third kappa shape index (κ3) is 4.96. The third-order valence-corrected chi connectivity index (χ3v) is 4.41. The molecule has 3 aromatic rings. The van der Waals surface area contributed by atoms with E-state index in [1.165, 1.54) is 6.92 Å². The highest BCUT2D eigenvalue weighted by Crippen LogP contribution is 2.25. The van der Waals surface area contributed by atoms with Crippen LogP contribution in [-0.4, -0.2) is 17.7 Å². The van der Waals surface area contributed by atoms with E-state index in [1.807, 2.05) is 19.1 Å². The van der Waals surface area contributed by atoms with Crippen molar-refractivity contribution in [2.75, 3.05) is 5.32 Å². The van der Waals surface area contributed by atoms with Gasteiger partial charge in [-0.2, -0.15) is 0 Å². The van der Waals surface area contributed by atoms with Crippen LogP contribution < -0.4 is 5.32 Å². The highest BCUT2D eigenvalue weighted by atomic mass is 16.5. The van der Waals surface area contributed by atoms with Crippen LogP contribution in [0.25, 0.3) is 0 Å². The van der Waals surface area contributed by atoms with E-state index < -0.39 is 12.1 Å². The van der Waals surface area contributed by atoms with Gasteiger partial charge >= 0.3 is 5.97 Å². The first-order chi connectivity index (χ1) is 14.0. The Bertz CT molecular complexity index is 1030. The lowest BCUT2D eigenvalue weighted by Gasteiger charge is -2.18. The minimum Gasteiger partial charge on any atom is -0.445 e. The third-order valence-electron chi connectivity index (χ3n) is 4.41. The van der Waals surface area contributed by atoms with E-state index in [4.69, 9.17) is 4.74 Å². The quantitative estimate of drug-likeness (QED) is 0.490. The number of carbonyl (C=O) groups excluding carboxylic acids is 3. The molecule has 146 valence electrons. The molecule has 3 aromatic carbocycles. The maximum absolute atomic E-state index is 13.0. The molecular weight excluding hydrogens is 366 g/mol. The number of benzene rings is 3. The second kappa shape index (κ2) is 8.97. The average molecular weight is 387 g/mol. The molecular formula is C24H21NO4. The topological polar surface area (TPSA) is 72.5 Å². The number of nitrogens with one attached hydrogen (secondary N) is 1. The zero-order chi connectivity index (χ0) is 20.8. The second-order valence-corrected chi connectivity index (χ2v) is 6.64. The number of Topliss-reactive ketones (excluding diaryl/α,β-unsaturated/α-hetero) is 1. The predicted octanol–water partition coefficient (Wildman–Crippen LogP) is 4.73. The Morgan fingerprint density at radius 1 is 0.828 bits per heavy atom. The number of rotatable bonds is 6. The van der Waals surface area contributed by atoms with Gasteiger partial charge in [0.15, 0.2) is 6.10 Å². The molecule has 0 bridgehead atoms. The van der Waals surface area contributed by atoms with Crippen molar-refractivity contribution < 1.29 is 19.1 Å². The summed E-state index contributed by atoms with van der Waals surface area (Å²) in [7, 11) is 0. The Morgan fingerprint density at radius 2 is 1.45 bits per heavy atom. The summed E-state index contributed by atoms with van der Waals surface area (Å²) in [4.78, 5) is 37.3. The summed E-state index contributed by atoms with van der Waals surface area (Å²) < 4.78 is 5.64. The van der Waals surface area contributed by atoms with Crippen molar-refractivity contribution in [1.82, 2.24) is 0 Å². The van der Waals surface area contributed by atoms with Gasteiger partial charge in [-0.25, -0.2) is 4.79 Å². The van der Waals surface area contributed by atoms with Crippen LogP contribution in [0.1, 0.15) is 44.9 Å². The van der Waals surface area contributed by atoms with Crippen molar-refractivity contribution in [3.8, 4) is 0 Å². The van der Waals surface area contributed by atoms with Gasteiger partial charge in [-0.1, -0.05) is 66.7 Å². The molecule has 0 spiro atoms. The van der Waals surface area contributed by atoms with E-state index in [1.54, 1.807) is 66.7 Å². The fourth-order valence-electron chi connectivity index (χ4n) is 2.90. The molecule has 1 N–H and O–H groups in total. The first-order valence-corrected chi connectivity index (χ1v) is 9.19. The summed E-state index contributed by atoms with van der Waals surface area (Å²) in [5.41, 5.74) is 2.64. The van der Waals surface area contributed by atoms with Crippen LogP contribution in [0.15, 0.2) is 78.9 Å². The molecule has 3 rings (SSSR count). The van der Waals surface area contributed by atoms with E-state index >= 15 is 0 Å². The Balaban J connectivity index is 1.91. The number of hydrogen-bond acceptors (Lipinski definition) is 4. The molecule has 0 unspecified atom stereocenters. The summed E-state index contributed by atoms with van der Waals surface area (Å²) in [6, 6.07) is 22.5. The van der Waals surface area contributed by atoms with Crippen molar-refractivity contribution in [1.29, 1.82) is 0 Å². The molecule has 0 aromatic heterocycles. The zero-order valence-electron chi connectivity index (χ0n) is 16.2. The normalized spacial score (nSPS) is 11.4. The lowest BCUT2D eigenvalue weighted by molar-refractivity contribution is -0.114. The minimum absolute atomic E-state index is 0.236. The second-order valence-electron chi connectivity index (χ2n) is 6.64. The van der Waals surface area contributed by atoms with Crippen molar-refractivity contribution in [2.45, 2.75) is 20.0 Å². The summed E-state index contributed by atoms with van der Waals surface area (Å²) in [6.07, 6.45) is -1.07. The van der Waals surface area contributed by atoms with Crippen molar-refractivity contribution in [2.24, 2.45) is 0 Å². The fraction of sp³-hybridized carbons (Fsp3) is 0.125. The maximum atomic E-state index is 13.0. The molecule has 0 aliphatic heterocycles.